The third-order valence-electron chi connectivity index (χ3n) is 3.81. The van der Waals surface area contributed by atoms with Gasteiger partial charge in [-0.2, -0.15) is 0 Å². The van der Waals surface area contributed by atoms with Crippen molar-refractivity contribution in [1.82, 2.24) is 5.32 Å². The molecule has 0 aliphatic carbocycles. The van der Waals surface area contributed by atoms with E-state index < -0.39 is 0 Å². The highest BCUT2D eigenvalue weighted by Gasteiger charge is 2.13. The first kappa shape index (κ1) is 17.7. The van der Waals surface area contributed by atoms with E-state index in [0.29, 0.717) is 17.9 Å². The van der Waals surface area contributed by atoms with Gasteiger partial charge in [-0.25, -0.2) is 0 Å². The van der Waals surface area contributed by atoms with Crippen LogP contribution in [0.25, 0.3) is 0 Å². The van der Waals surface area contributed by atoms with E-state index in [1.165, 1.54) is 0 Å². The van der Waals surface area contributed by atoms with Crippen molar-refractivity contribution in [3.8, 4) is 17.2 Å². The molecule has 0 aromatic heterocycles. The van der Waals surface area contributed by atoms with Gasteiger partial charge in [-0.1, -0.05) is 18.2 Å². The molecule has 128 valence electrons. The minimum absolute atomic E-state index is 0.0394. The quantitative estimate of drug-likeness (QED) is 0.848. The summed E-state index contributed by atoms with van der Waals surface area (Å²) in [4.78, 5) is 12.2. The summed E-state index contributed by atoms with van der Waals surface area (Å²) in [6, 6.07) is 13.0. The maximum absolute atomic E-state index is 12.2. The number of amides is 1. The molecule has 1 amide bonds. The van der Waals surface area contributed by atoms with Gasteiger partial charge in [-0.3, -0.25) is 4.79 Å². The molecule has 2 aromatic rings. The van der Waals surface area contributed by atoms with E-state index in [-0.39, 0.29) is 11.9 Å². The van der Waals surface area contributed by atoms with Crippen LogP contribution in [-0.4, -0.2) is 27.2 Å². The summed E-state index contributed by atoms with van der Waals surface area (Å²) >= 11 is 0. The Morgan fingerprint density at radius 3 is 2.21 bits per heavy atom. The molecule has 0 spiro atoms. The molecule has 0 saturated heterocycles. The second-order valence-electron chi connectivity index (χ2n) is 5.43. The Balaban J connectivity index is 2.00. The lowest BCUT2D eigenvalue weighted by molar-refractivity contribution is -0.121. The topological polar surface area (TPSA) is 56.8 Å². The van der Waals surface area contributed by atoms with Crippen LogP contribution in [0.2, 0.25) is 0 Å². The zero-order valence-corrected chi connectivity index (χ0v) is 14.5. The molecule has 0 bridgehead atoms. The maximum atomic E-state index is 12.2. The summed E-state index contributed by atoms with van der Waals surface area (Å²) in [7, 11) is 4.80. The largest absolute Gasteiger partial charge is 0.497 e. The van der Waals surface area contributed by atoms with E-state index >= 15 is 0 Å². The molecular weight excluding hydrogens is 306 g/mol. The lowest BCUT2D eigenvalue weighted by Crippen LogP contribution is -2.28. The third-order valence-corrected chi connectivity index (χ3v) is 3.81. The number of hydrogen-bond donors (Lipinski definition) is 1. The fourth-order valence-corrected chi connectivity index (χ4v) is 2.43. The van der Waals surface area contributed by atoms with Crippen LogP contribution < -0.4 is 19.5 Å². The van der Waals surface area contributed by atoms with E-state index in [1.807, 2.05) is 49.4 Å². The predicted octanol–water partition coefficient (Wildman–Crippen LogP) is 3.13. The van der Waals surface area contributed by atoms with Crippen LogP contribution >= 0.6 is 0 Å². The monoisotopic (exact) mass is 329 g/mol. The molecule has 0 aliphatic heterocycles. The van der Waals surface area contributed by atoms with E-state index in [1.54, 1.807) is 21.3 Å². The Hall–Kier alpha value is -2.69. The third kappa shape index (κ3) is 4.41. The van der Waals surface area contributed by atoms with Crippen molar-refractivity contribution in [1.29, 1.82) is 0 Å². The van der Waals surface area contributed by atoms with Crippen LogP contribution in [0.4, 0.5) is 0 Å². The molecule has 1 N–H and O–H groups in total. The number of carbonyl (C=O) groups is 1. The molecule has 5 heteroatoms. The zero-order chi connectivity index (χ0) is 17.5. The second-order valence-corrected chi connectivity index (χ2v) is 5.43. The van der Waals surface area contributed by atoms with Gasteiger partial charge in [-0.15, -0.1) is 0 Å². The maximum Gasteiger partial charge on any atom is 0.224 e. The molecule has 2 rings (SSSR count). The number of methoxy groups -OCH3 is 3. The highest BCUT2D eigenvalue weighted by atomic mass is 16.5. The van der Waals surface area contributed by atoms with Crippen LogP contribution in [0.1, 0.15) is 24.1 Å². The van der Waals surface area contributed by atoms with E-state index in [2.05, 4.69) is 5.32 Å². The summed E-state index contributed by atoms with van der Waals surface area (Å²) in [5.74, 6) is 2.05. The molecule has 0 saturated carbocycles. The average molecular weight is 329 g/mol. The smallest absolute Gasteiger partial charge is 0.224 e. The minimum Gasteiger partial charge on any atom is -0.497 e. The van der Waals surface area contributed by atoms with Crippen molar-refractivity contribution < 1.29 is 19.0 Å². The normalized spacial score (nSPS) is 11.5. The highest BCUT2D eigenvalue weighted by molar-refractivity contribution is 5.79. The number of ether oxygens (including phenoxy) is 3. The lowest BCUT2D eigenvalue weighted by atomic mass is 10.1. The fraction of sp³-hybridized carbons (Fsp3) is 0.316. The van der Waals surface area contributed by atoms with Gasteiger partial charge >= 0.3 is 0 Å². The Morgan fingerprint density at radius 1 is 0.958 bits per heavy atom. The molecule has 0 fully saturated rings. The average Bonchev–Trinajstić information content (AvgIpc) is 2.61. The molecule has 24 heavy (non-hydrogen) atoms. The number of hydrogen-bond acceptors (Lipinski definition) is 4. The lowest BCUT2D eigenvalue weighted by Gasteiger charge is -2.16. The van der Waals surface area contributed by atoms with Gasteiger partial charge in [0.05, 0.1) is 33.8 Å². The molecule has 0 heterocycles. The molecular formula is C19H23NO4. The van der Waals surface area contributed by atoms with Gasteiger partial charge in [-0.05, 0) is 42.3 Å². The first-order valence-corrected chi connectivity index (χ1v) is 7.71. The van der Waals surface area contributed by atoms with Gasteiger partial charge < -0.3 is 19.5 Å². The van der Waals surface area contributed by atoms with E-state index in [9.17, 15) is 4.79 Å². The van der Waals surface area contributed by atoms with Crippen molar-refractivity contribution in [2.75, 3.05) is 21.3 Å². The number of benzene rings is 2. The molecule has 0 radical (unpaired) electrons. The Kier molecular flexibility index (Phi) is 6.07. The zero-order valence-electron chi connectivity index (χ0n) is 14.5. The van der Waals surface area contributed by atoms with Crippen LogP contribution in [0.3, 0.4) is 0 Å². The van der Waals surface area contributed by atoms with Crippen molar-refractivity contribution in [2.24, 2.45) is 0 Å². The van der Waals surface area contributed by atoms with Gasteiger partial charge in [0.25, 0.3) is 0 Å². The second kappa shape index (κ2) is 8.24. The summed E-state index contributed by atoms with van der Waals surface area (Å²) in [5, 5.41) is 3.00. The number of rotatable bonds is 7. The van der Waals surface area contributed by atoms with Crippen LogP contribution in [0, 0.1) is 0 Å². The number of nitrogens with one attached hydrogen (secondary N) is 1. The van der Waals surface area contributed by atoms with Gasteiger partial charge in [0.15, 0.2) is 11.5 Å². The first-order chi connectivity index (χ1) is 11.6. The molecule has 2 aromatic carbocycles. The van der Waals surface area contributed by atoms with Crippen molar-refractivity contribution in [3.63, 3.8) is 0 Å². The Morgan fingerprint density at radius 2 is 1.62 bits per heavy atom. The molecule has 1 atom stereocenters. The molecule has 5 nitrogen and oxygen atoms in total. The van der Waals surface area contributed by atoms with E-state index in [4.69, 9.17) is 14.2 Å². The van der Waals surface area contributed by atoms with Crippen molar-refractivity contribution in [3.05, 3.63) is 53.6 Å². The highest BCUT2D eigenvalue weighted by Crippen LogP contribution is 2.29. The van der Waals surface area contributed by atoms with Crippen LogP contribution in [0.5, 0.6) is 17.2 Å². The number of carbonyl (C=O) groups excluding carboxylic acids is 1. The van der Waals surface area contributed by atoms with Crippen molar-refractivity contribution >= 4 is 5.91 Å². The summed E-state index contributed by atoms with van der Waals surface area (Å²) in [5.41, 5.74) is 1.89. The first-order valence-electron chi connectivity index (χ1n) is 7.71. The summed E-state index contributed by atoms with van der Waals surface area (Å²) < 4.78 is 15.6. The Bertz CT molecular complexity index is 682. The summed E-state index contributed by atoms with van der Waals surface area (Å²) in [6.07, 6.45) is 0.321. The predicted molar refractivity (Wildman–Crippen MR) is 92.8 cm³/mol. The van der Waals surface area contributed by atoms with Gasteiger partial charge in [0.1, 0.15) is 5.75 Å². The van der Waals surface area contributed by atoms with Gasteiger partial charge in [0, 0.05) is 0 Å². The van der Waals surface area contributed by atoms with Crippen molar-refractivity contribution in [2.45, 2.75) is 19.4 Å². The Labute approximate surface area is 142 Å². The fourth-order valence-electron chi connectivity index (χ4n) is 2.43. The standard InChI is InChI=1S/C19H23NO4/c1-13(15-7-10-17(23-3)18(12-15)24-4)20-19(21)11-14-5-8-16(22-2)9-6-14/h5-10,12-13H,11H2,1-4H3,(H,20,21)/t13-/m0/s1. The van der Waals surface area contributed by atoms with Gasteiger partial charge in [0.2, 0.25) is 5.91 Å². The SMILES string of the molecule is COc1ccc(CC(=O)N[C@@H](C)c2ccc(OC)c(OC)c2)cc1. The minimum atomic E-state index is -0.129. The summed E-state index contributed by atoms with van der Waals surface area (Å²) in [6.45, 7) is 1.94. The van der Waals surface area contributed by atoms with Crippen LogP contribution in [0.15, 0.2) is 42.5 Å². The van der Waals surface area contributed by atoms with Crippen LogP contribution in [-0.2, 0) is 11.2 Å². The molecule has 0 aliphatic rings. The van der Waals surface area contributed by atoms with E-state index in [0.717, 1.165) is 16.9 Å². The molecule has 0 unspecified atom stereocenters.